The molecule has 0 unspecified atom stereocenters. The molecular formula is C21H25BrN8O4. The van der Waals surface area contributed by atoms with Gasteiger partial charge in [-0.2, -0.15) is 0 Å². The molecule has 1 aliphatic carbocycles. The minimum atomic E-state index is -0.659. The second-order valence-electron chi connectivity index (χ2n) is 8.56. The molecule has 2 fully saturated rings. The molecule has 180 valence electrons. The molecule has 5 rings (SSSR count). The number of rotatable bonds is 6. The standard InChI is InChI=1S/C21H25BrN8O4/c22-16-11-23-18-19(24-16)30(15-3-1-2-4-15)21(33)20(32)29(18)13-14-12-28(26-25-14)6-5-17(31)27-7-9-34-10-8-27/h11-12,15H,1-10,13H2. The highest BCUT2D eigenvalue weighted by atomic mass is 79.9. The minimum Gasteiger partial charge on any atom is -0.378 e. The quantitative estimate of drug-likeness (QED) is 0.424. The second-order valence-corrected chi connectivity index (χ2v) is 9.37. The zero-order chi connectivity index (χ0) is 23.7. The van der Waals surface area contributed by atoms with Crippen molar-refractivity contribution in [3.8, 4) is 0 Å². The van der Waals surface area contributed by atoms with E-state index in [9.17, 15) is 14.4 Å². The van der Waals surface area contributed by atoms with Crippen LogP contribution in [0.1, 0.15) is 43.8 Å². The van der Waals surface area contributed by atoms with Gasteiger partial charge in [-0.3, -0.25) is 28.2 Å². The maximum atomic E-state index is 13.1. The lowest BCUT2D eigenvalue weighted by molar-refractivity contribution is -0.135. The molecule has 1 amide bonds. The van der Waals surface area contributed by atoms with Gasteiger partial charge in [0.1, 0.15) is 10.3 Å². The number of ether oxygens (including phenoxy) is 1. The first kappa shape index (κ1) is 22.8. The molecular weight excluding hydrogens is 508 g/mol. The Morgan fingerprint density at radius 2 is 1.88 bits per heavy atom. The number of fused-ring (bicyclic) bond motifs is 1. The van der Waals surface area contributed by atoms with Crippen molar-refractivity contribution >= 4 is 33.1 Å². The van der Waals surface area contributed by atoms with Crippen LogP contribution in [0.3, 0.4) is 0 Å². The van der Waals surface area contributed by atoms with Crippen molar-refractivity contribution in [3.05, 3.63) is 43.4 Å². The van der Waals surface area contributed by atoms with E-state index in [0.717, 1.165) is 25.7 Å². The Morgan fingerprint density at radius 3 is 2.65 bits per heavy atom. The van der Waals surface area contributed by atoms with Crippen molar-refractivity contribution in [2.45, 2.75) is 51.2 Å². The van der Waals surface area contributed by atoms with Crippen LogP contribution in [0.4, 0.5) is 0 Å². The molecule has 2 aliphatic rings. The molecule has 1 aliphatic heterocycles. The summed E-state index contributed by atoms with van der Waals surface area (Å²) < 4.78 is 10.2. The average Bonchev–Trinajstić information content (AvgIpc) is 3.54. The van der Waals surface area contributed by atoms with Crippen molar-refractivity contribution in [2.24, 2.45) is 0 Å². The number of morpholine rings is 1. The number of carbonyl (C=O) groups excluding carboxylic acids is 1. The monoisotopic (exact) mass is 532 g/mol. The van der Waals surface area contributed by atoms with Gasteiger partial charge in [-0.1, -0.05) is 18.1 Å². The van der Waals surface area contributed by atoms with Gasteiger partial charge in [-0.25, -0.2) is 9.97 Å². The molecule has 0 bridgehead atoms. The number of hydrogen-bond acceptors (Lipinski definition) is 8. The van der Waals surface area contributed by atoms with E-state index in [4.69, 9.17) is 4.74 Å². The van der Waals surface area contributed by atoms with Crippen LogP contribution in [0.5, 0.6) is 0 Å². The minimum absolute atomic E-state index is 0.0316. The van der Waals surface area contributed by atoms with Gasteiger partial charge in [-0.05, 0) is 28.8 Å². The zero-order valence-electron chi connectivity index (χ0n) is 18.6. The Hall–Kier alpha value is -2.93. The Morgan fingerprint density at radius 1 is 1.12 bits per heavy atom. The van der Waals surface area contributed by atoms with Crippen LogP contribution in [0, 0.1) is 0 Å². The third-order valence-electron chi connectivity index (χ3n) is 6.35. The van der Waals surface area contributed by atoms with E-state index in [2.05, 4.69) is 36.2 Å². The van der Waals surface area contributed by atoms with Crippen LogP contribution < -0.4 is 11.1 Å². The van der Waals surface area contributed by atoms with Gasteiger partial charge in [0.25, 0.3) is 0 Å². The van der Waals surface area contributed by atoms with Crippen LogP contribution in [0.25, 0.3) is 11.3 Å². The normalized spacial score (nSPS) is 17.0. The summed E-state index contributed by atoms with van der Waals surface area (Å²) in [4.78, 5) is 49.2. The summed E-state index contributed by atoms with van der Waals surface area (Å²) >= 11 is 3.33. The maximum absolute atomic E-state index is 13.1. The predicted octanol–water partition coefficient (Wildman–Crippen LogP) is 0.719. The number of aromatic nitrogens is 7. The lowest BCUT2D eigenvalue weighted by Gasteiger charge is -2.26. The fourth-order valence-corrected chi connectivity index (χ4v) is 4.90. The highest BCUT2D eigenvalue weighted by molar-refractivity contribution is 9.10. The first-order valence-corrected chi connectivity index (χ1v) is 12.2. The van der Waals surface area contributed by atoms with E-state index in [-0.39, 0.29) is 18.5 Å². The third-order valence-corrected chi connectivity index (χ3v) is 6.73. The van der Waals surface area contributed by atoms with Crippen molar-refractivity contribution in [1.82, 2.24) is 39.0 Å². The second kappa shape index (κ2) is 9.74. The van der Waals surface area contributed by atoms with Gasteiger partial charge >= 0.3 is 11.1 Å². The predicted molar refractivity (Wildman–Crippen MR) is 124 cm³/mol. The van der Waals surface area contributed by atoms with Crippen LogP contribution in [0.2, 0.25) is 0 Å². The molecule has 0 N–H and O–H groups in total. The van der Waals surface area contributed by atoms with Crippen LogP contribution >= 0.6 is 15.9 Å². The van der Waals surface area contributed by atoms with Gasteiger partial charge in [-0.15, -0.1) is 5.10 Å². The van der Waals surface area contributed by atoms with Crippen LogP contribution in [-0.4, -0.2) is 71.2 Å². The Kier molecular flexibility index (Phi) is 6.55. The average molecular weight is 533 g/mol. The summed E-state index contributed by atoms with van der Waals surface area (Å²) in [5, 5.41) is 8.22. The first-order valence-electron chi connectivity index (χ1n) is 11.4. The topological polar surface area (TPSA) is 130 Å². The fourth-order valence-electron chi connectivity index (χ4n) is 4.63. The van der Waals surface area contributed by atoms with Crippen LogP contribution in [-0.2, 0) is 22.6 Å². The summed E-state index contributed by atoms with van der Waals surface area (Å²) in [7, 11) is 0. The van der Waals surface area contributed by atoms with Gasteiger partial charge in [0.15, 0.2) is 11.3 Å². The zero-order valence-corrected chi connectivity index (χ0v) is 20.2. The van der Waals surface area contributed by atoms with Gasteiger partial charge in [0.2, 0.25) is 5.91 Å². The van der Waals surface area contributed by atoms with E-state index in [1.807, 2.05) is 0 Å². The van der Waals surface area contributed by atoms with Crippen LogP contribution in [0.15, 0.2) is 26.6 Å². The number of amides is 1. The number of carbonyl (C=O) groups is 1. The summed E-state index contributed by atoms with van der Waals surface area (Å²) in [6.45, 7) is 2.71. The van der Waals surface area contributed by atoms with E-state index in [1.165, 1.54) is 15.3 Å². The largest absolute Gasteiger partial charge is 0.378 e. The molecule has 3 aromatic rings. The van der Waals surface area contributed by atoms with E-state index < -0.39 is 11.1 Å². The van der Waals surface area contributed by atoms with Gasteiger partial charge < -0.3 is 9.64 Å². The molecule has 12 nitrogen and oxygen atoms in total. The van der Waals surface area contributed by atoms with Crippen molar-refractivity contribution < 1.29 is 9.53 Å². The molecule has 0 spiro atoms. The Labute approximate surface area is 202 Å². The molecule has 0 atom stereocenters. The first-order chi connectivity index (χ1) is 16.5. The summed E-state index contributed by atoms with van der Waals surface area (Å²) in [5.41, 5.74) is -0.0561. The highest BCUT2D eigenvalue weighted by Crippen LogP contribution is 2.29. The Bertz CT molecular complexity index is 1320. The van der Waals surface area contributed by atoms with E-state index in [1.54, 1.807) is 15.8 Å². The highest BCUT2D eigenvalue weighted by Gasteiger charge is 2.25. The molecule has 1 saturated heterocycles. The number of hydrogen-bond donors (Lipinski definition) is 0. The van der Waals surface area contributed by atoms with Crippen molar-refractivity contribution in [3.63, 3.8) is 0 Å². The molecule has 3 aromatic heterocycles. The molecule has 13 heteroatoms. The van der Waals surface area contributed by atoms with Crippen molar-refractivity contribution in [2.75, 3.05) is 26.3 Å². The smallest absolute Gasteiger partial charge is 0.318 e. The number of aryl methyl sites for hydroxylation is 1. The van der Waals surface area contributed by atoms with E-state index >= 15 is 0 Å². The Balaban J connectivity index is 1.39. The van der Waals surface area contributed by atoms with Crippen molar-refractivity contribution in [1.29, 1.82) is 0 Å². The number of nitrogens with zero attached hydrogens (tertiary/aromatic N) is 8. The lowest BCUT2D eigenvalue weighted by atomic mass is 10.2. The summed E-state index contributed by atoms with van der Waals surface area (Å²) in [5.74, 6) is 0.0407. The SMILES string of the molecule is O=C(CCn1cc(Cn2c(=O)c(=O)n(C3CCCC3)c3nc(Br)cnc32)nn1)N1CCOCC1. The molecule has 0 aromatic carbocycles. The fraction of sp³-hybridized carbons (Fsp3) is 0.571. The van der Waals surface area contributed by atoms with E-state index in [0.29, 0.717) is 60.9 Å². The lowest BCUT2D eigenvalue weighted by Crippen LogP contribution is -2.43. The molecule has 0 radical (unpaired) electrons. The van der Waals surface area contributed by atoms with Gasteiger partial charge in [0.05, 0.1) is 38.7 Å². The summed E-state index contributed by atoms with van der Waals surface area (Å²) in [6, 6.07) is -0.0502. The van der Waals surface area contributed by atoms with Gasteiger partial charge in [0, 0.05) is 25.6 Å². The molecule has 34 heavy (non-hydrogen) atoms. The maximum Gasteiger partial charge on any atom is 0.318 e. The molecule has 1 saturated carbocycles. The molecule has 4 heterocycles. The summed E-state index contributed by atoms with van der Waals surface area (Å²) in [6.07, 6.45) is 7.19. The third kappa shape index (κ3) is 4.53. The number of halogens is 1.